The summed E-state index contributed by atoms with van der Waals surface area (Å²) in [5.74, 6) is 0. The summed E-state index contributed by atoms with van der Waals surface area (Å²) < 4.78 is 54.8. The maximum Gasteiger partial charge on any atom is 0.240 e. The molecule has 3 rings (SSSR count). The molecule has 1 aliphatic rings. The summed E-state index contributed by atoms with van der Waals surface area (Å²) in [5, 5.41) is 0. The van der Waals surface area contributed by atoms with Crippen molar-refractivity contribution in [2.75, 3.05) is 6.54 Å². The lowest BCUT2D eigenvalue weighted by Crippen LogP contribution is -2.32. The number of hydrogen-bond donors (Lipinski definition) is 2. The molecule has 0 amide bonds. The van der Waals surface area contributed by atoms with Crippen molar-refractivity contribution in [3.8, 4) is 0 Å². The maximum atomic E-state index is 12.4. The summed E-state index contributed by atoms with van der Waals surface area (Å²) in [6.07, 6.45) is 4.32. The predicted molar refractivity (Wildman–Crippen MR) is 104 cm³/mol. The van der Waals surface area contributed by atoms with Crippen LogP contribution < -0.4 is 9.44 Å². The second kappa shape index (κ2) is 8.52. The van der Waals surface area contributed by atoms with E-state index in [0.29, 0.717) is 6.42 Å². The molecule has 2 N–H and O–H groups in total. The summed E-state index contributed by atoms with van der Waals surface area (Å²) >= 11 is 0. The van der Waals surface area contributed by atoms with Crippen molar-refractivity contribution in [1.29, 1.82) is 0 Å². The highest BCUT2D eigenvalue weighted by atomic mass is 32.2. The number of nitrogens with one attached hydrogen (secondary N) is 2. The summed E-state index contributed by atoms with van der Waals surface area (Å²) in [6.45, 7) is 0.273. The van der Waals surface area contributed by atoms with Gasteiger partial charge in [-0.1, -0.05) is 43.2 Å². The van der Waals surface area contributed by atoms with Crippen molar-refractivity contribution in [1.82, 2.24) is 9.44 Å². The summed E-state index contributed by atoms with van der Waals surface area (Å²) in [6, 6.07) is 14.9. The highest BCUT2D eigenvalue weighted by molar-refractivity contribution is 7.90. The summed E-state index contributed by atoms with van der Waals surface area (Å²) in [5.41, 5.74) is 1.04. The molecule has 1 fully saturated rings. The lowest BCUT2D eigenvalue weighted by atomic mass is 10.2. The van der Waals surface area contributed by atoms with Crippen molar-refractivity contribution in [3.63, 3.8) is 0 Å². The SMILES string of the molecule is O=S(=O)(NCCc1ccccc1)c1ccc(S(=O)(=O)NC2CCCC2)cc1. The molecule has 0 spiro atoms. The van der Waals surface area contributed by atoms with Crippen molar-refractivity contribution in [2.24, 2.45) is 0 Å². The van der Waals surface area contributed by atoms with Gasteiger partial charge in [-0.25, -0.2) is 26.3 Å². The molecule has 2 aromatic carbocycles. The fraction of sp³-hybridized carbons (Fsp3) is 0.368. The molecule has 2 aromatic rings. The minimum Gasteiger partial charge on any atom is -0.211 e. The van der Waals surface area contributed by atoms with E-state index in [1.54, 1.807) is 0 Å². The summed E-state index contributed by atoms with van der Waals surface area (Å²) in [4.78, 5) is 0.132. The molecule has 1 saturated carbocycles. The Morgan fingerprint density at radius 1 is 0.778 bits per heavy atom. The van der Waals surface area contributed by atoms with Crippen LogP contribution in [0, 0.1) is 0 Å². The quantitative estimate of drug-likeness (QED) is 0.702. The van der Waals surface area contributed by atoms with Crippen LogP contribution in [0.15, 0.2) is 64.4 Å². The minimum absolute atomic E-state index is 0.0296. The molecule has 8 heteroatoms. The van der Waals surface area contributed by atoms with Crippen LogP contribution >= 0.6 is 0 Å². The third kappa shape index (κ3) is 5.38. The zero-order valence-corrected chi connectivity index (χ0v) is 16.6. The average Bonchev–Trinajstić information content (AvgIpc) is 3.15. The van der Waals surface area contributed by atoms with Gasteiger partial charge in [0.05, 0.1) is 9.79 Å². The van der Waals surface area contributed by atoms with E-state index in [1.165, 1.54) is 24.3 Å². The number of benzene rings is 2. The van der Waals surface area contributed by atoms with Crippen LogP contribution in [0.2, 0.25) is 0 Å². The molecule has 0 radical (unpaired) electrons. The van der Waals surface area contributed by atoms with E-state index >= 15 is 0 Å². The van der Waals surface area contributed by atoms with Crippen LogP contribution in [-0.4, -0.2) is 29.4 Å². The Balaban J connectivity index is 1.62. The van der Waals surface area contributed by atoms with Crippen LogP contribution in [0.25, 0.3) is 0 Å². The second-order valence-corrected chi connectivity index (χ2v) is 10.2. The molecule has 6 nitrogen and oxygen atoms in total. The lowest BCUT2D eigenvalue weighted by Gasteiger charge is -2.13. The van der Waals surface area contributed by atoms with E-state index in [2.05, 4.69) is 9.44 Å². The average molecular weight is 409 g/mol. The number of hydrogen-bond acceptors (Lipinski definition) is 4. The smallest absolute Gasteiger partial charge is 0.211 e. The zero-order chi connectivity index (χ0) is 19.3. The van der Waals surface area contributed by atoms with Gasteiger partial charge in [0.2, 0.25) is 20.0 Å². The van der Waals surface area contributed by atoms with E-state index in [-0.39, 0.29) is 22.4 Å². The van der Waals surface area contributed by atoms with Gasteiger partial charge in [-0.15, -0.1) is 0 Å². The second-order valence-electron chi connectivity index (χ2n) is 6.71. The molecule has 0 saturated heterocycles. The van der Waals surface area contributed by atoms with Crippen molar-refractivity contribution in [2.45, 2.75) is 47.9 Å². The van der Waals surface area contributed by atoms with E-state index in [9.17, 15) is 16.8 Å². The Morgan fingerprint density at radius 2 is 1.33 bits per heavy atom. The molecule has 27 heavy (non-hydrogen) atoms. The Labute approximate surface area is 161 Å². The van der Waals surface area contributed by atoms with E-state index < -0.39 is 20.0 Å². The largest absolute Gasteiger partial charge is 0.240 e. The fourth-order valence-corrected chi connectivity index (χ4v) is 5.52. The maximum absolute atomic E-state index is 12.4. The molecule has 0 unspecified atom stereocenters. The fourth-order valence-electron chi connectivity index (χ4n) is 3.19. The first kappa shape index (κ1) is 20.0. The third-order valence-electron chi connectivity index (χ3n) is 4.67. The van der Waals surface area contributed by atoms with Gasteiger partial charge in [-0.05, 0) is 49.1 Å². The van der Waals surface area contributed by atoms with Gasteiger partial charge in [0.15, 0.2) is 0 Å². The van der Waals surface area contributed by atoms with Crippen LogP contribution in [0.4, 0.5) is 0 Å². The highest BCUT2D eigenvalue weighted by Gasteiger charge is 2.23. The van der Waals surface area contributed by atoms with Gasteiger partial charge < -0.3 is 0 Å². The Kier molecular flexibility index (Phi) is 6.31. The van der Waals surface area contributed by atoms with Crippen molar-refractivity contribution >= 4 is 20.0 Å². The molecular weight excluding hydrogens is 384 g/mol. The van der Waals surface area contributed by atoms with Crippen LogP contribution in [0.3, 0.4) is 0 Å². The summed E-state index contributed by atoms with van der Waals surface area (Å²) in [7, 11) is -7.30. The monoisotopic (exact) mass is 408 g/mol. The molecular formula is C19H24N2O4S2. The topological polar surface area (TPSA) is 92.3 Å². The highest BCUT2D eigenvalue weighted by Crippen LogP contribution is 2.21. The number of sulfonamides is 2. The standard InChI is InChI=1S/C19H24N2O4S2/c22-26(23,20-15-14-16-6-2-1-3-7-16)18-10-12-19(13-11-18)27(24,25)21-17-8-4-5-9-17/h1-3,6-7,10-13,17,20-21H,4-5,8-9,14-15H2. The Bertz CT molecular complexity index is 951. The van der Waals surface area contributed by atoms with Crippen LogP contribution in [0.5, 0.6) is 0 Å². The van der Waals surface area contributed by atoms with Gasteiger partial charge in [0.1, 0.15) is 0 Å². The molecule has 0 heterocycles. The van der Waals surface area contributed by atoms with Gasteiger partial charge in [-0.3, -0.25) is 0 Å². The van der Waals surface area contributed by atoms with Gasteiger partial charge in [-0.2, -0.15) is 0 Å². The van der Waals surface area contributed by atoms with Gasteiger partial charge in [0.25, 0.3) is 0 Å². The molecule has 0 atom stereocenters. The first-order valence-corrected chi connectivity index (χ1v) is 12.0. The number of rotatable bonds is 8. The lowest BCUT2D eigenvalue weighted by molar-refractivity contribution is 0.551. The molecule has 0 aromatic heterocycles. The van der Waals surface area contributed by atoms with E-state index in [0.717, 1.165) is 31.2 Å². The first-order valence-electron chi connectivity index (χ1n) is 9.03. The third-order valence-corrected chi connectivity index (χ3v) is 7.68. The van der Waals surface area contributed by atoms with Gasteiger partial charge >= 0.3 is 0 Å². The zero-order valence-electron chi connectivity index (χ0n) is 15.0. The van der Waals surface area contributed by atoms with Crippen molar-refractivity contribution in [3.05, 3.63) is 60.2 Å². The minimum atomic E-state index is -3.68. The molecule has 146 valence electrons. The van der Waals surface area contributed by atoms with E-state index in [1.807, 2.05) is 30.3 Å². The Morgan fingerprint density at radius 3 is 1.93 bits per heavy atom. The van der Waals surface area contributed by atoms with Crippen LogP contribution in [0.1, 0.15) is 31.2 Å². The predicted octanol–water partition coefficient (Wildman–Crippen LogP) is 2.43. The molecule has 0 aliphatic heterocycles. The normalized spacial score (nSPS) is 15.9. The van der Waals surface area contributed by atoms with E-state index in [4.69, 9.17) is 0 Å². The Hall–Kier alpha value is -1.74. The first-order chi connectivity index (χ1) is 12.9. The molecule has 1 aliphatic carbocycles. The van der Waals surface area contributed by atoms with Crippen molar-refractivity contribution < 1.29 is 16.8 Å². The molecule has 0 bridgehead atoms. The van der Waals surface area contributed by atoms with Gasteiger partial charge in [0, 0.05) is 12.6 Å². The van der Waals surface area contributed by atoms with Crippen LogP contribution in [-0.2, 0) is 26.5 Å².